The van der Waals surface area contributed by atoms with E-state index < -0.39 is 5.97 Å². The Kier molecular flexibility index (Phi) is 6.03. The van der Waals surface area contributed by atoms with Gasteiger partial charge in [0.2, 0.25) is 0 Å². The molecule has 0 unspecified atom stereocenters. The van der Waals surface area contributed by atoms with Crippen molar-refractivity contribution >= 4 is 12.0 Å². The Morgan fingerprint density at radius 3 is 2.65 bits per heavy atom. The number of hydrogen-bond acceptors (Lipinski definition) is 2. The predicted octanol–water partition coefficient (Wildman–Crippen LogP) is 2.43. The van der Waals surface area contributed by atoms with Crippen molar-refractivity contribution in [1.29, 1.82) is 0 Å². The third kappa shape index (κ3) is 5.30. The van der Waals surface area contributed by atoms with E-state index >= 15 is 0 Å². The number of aliphatic carboxylic acids is 1. The molecule has 1 aromatic rings. The van der Waals surface area contributed by atoms with Gasteiger partial charge in [-0.2, -0.15) is 0 Å². The second kappa shape index (κ2) is 7.53. The van der Waals surface area contributed by atoms with Crippen LogP contribution in [0.3, 0.4) is 0 Å². The second-order valence-corrected chi connectivity index (χ2v) is 5.12. The first-order chi connectivity index (χ1) is 9.40. The maximum atomic E-state index is 11.8. The first-order valence-corrected chi connectivity index (χ1v) is 6.69. The number of nitrogens with one attached hydrogen (secondary N) is 1. The minimum absolute atomic E-state index is 0.0489. The molecule has 0 radical (unpaired) electrons. The molecule has 2 N–H and O–H groups in total. The van der Waals surface area contributed by atoms with Crippen LogP contribution in [-0.4, -0.2) is 35.6 Å². The molecule has 1 aromatic carbocycles. The Hall–Kier alpha value is -2.04. The minimum atomic E-state index is -0.908. The average molecular weight is 278 g/mol. The number of amides is 2. The Labute approximate surface area is 119 Å². The van der Waals surface area contributed by atoms with Gasteiger partial charge in [-0.05, 0) is 17.0 Å². The molecule has 0 aliphatic rings. The molecule has 0 fully saturated rings. The number of benzene rings is 1. The highest BCUT2D eigenvalue weighted by Gasteiger charge is 2.09. The molecule has 0 saturated heterocycles. The summed E-state index contributed by atoms with van der Waals surface area (Å²) in [6.45, 7) is 4.89. The third-order valence-corrected chi connectivity index (χ3v) is 3.07. The SMILES string of the molecule is CC(C)c1cccc(CNC(=O)N(C)CCC(=O)O)c1. The summed E-state index contributed by atoms with van der Waals surface area (Å²) >= 11 is 0. The summed E-state index contributed by atoms with van der Waals surface area (Å²) in [6, 6.07) is 7.81. The van der Waals surface area contributed by atoms with Crippen molar-refractivity contribution in [3.8, 4) is 0 Å². The lowest BCUT2D eigenvalue weighted by Gasteiger charge is -2.17. The van der Waals surface area contributed by atoms with Crippen LogP contribution in [0.2, 0.25) is 0 Å². The van der Waals surface area contributed by atoms with Gasteiger partial charge in [-0.1, -0.05) is 38.1 Å². The van der Waals surface area contributed by atoms with Gasteiger partial charge in [-0.15, -0.1) is 0 Å². The van der Waals surface area contributed by atoms with Crippen LogP contribution in [0.25, 0.3) is 0 Å². The van der Waals surface area contributed by atoms with Crippen LogP contribution < -0.4 is 5.32 Å². The van der Waals surface area contributed by atoms with E-state index in [4.69, 9.17) is 5.11 Å². The van der Waals surface area contributed by atoms with E-state index in [-0.39, 0.29) is 19.0 Å². The molecule has 2 amide bonds. The summed E-state index contributed by atoms with van der Waals surface area (Å²) in [5, 5.41) is 11.4. The summed E-state index contributed by atoms with van der Waals surface area (Å²) in [5.74, 6) is -0.460. The zero-order chi connectivity index (χ0) is 15.1. The van der Waals surface area contributed by atoms with E-state index in [1.54, 1.807) is 7.05 Å². The van der Waals surface area contributed by atoms with Crippen LogP contribution >= 0.6 is 0 Å². The summed E-state index contributed by atoms with van der Waals surface area (Å²) in [7, 11) is 1.59. The van der Waals surface area contributed by atoms with E-state index in [1.807, 2.05) is 12.1 Å². The van der Waals surface area contributed by atoms with Gasteiger partial charge in [0.1, 0.15) is 0 Å². The Balaban J connectivity index is 2.48. The molecular formula is C15H22N2O3. The predicted molar refractivity (Wildman–Crippen MR) is 77.6 cm³/mol. The highest BCUT2D eigenvalue weighted by molar-refractivity contribution is 5.75. The Bertz CT molecular complexity index is 472. The van der Waals surface area contributed by atoms with Gasteiger partial charge in [0.25, 0.3) is 0 Å². The van der Waals surface area contributed by atoms with Crippen LogP contribution in [0.1, 0.15) is 37.3 Å². The fourth-order valence-electron chi connectivity index (χ4n) is 1.74. The highest BCUT2D eigenvalue weighted by atomic mass is 16.4. The van der Waals surface area contributed by atoms with Crippen LogP contribution in [-0.2, 0) is 11.3 Å². The van der Waals surface area contributed by atoms with Gasteiger partial charge in [0, 0.05) is 20.1 Å². The molecule has 20 heavy (non-hydrogen) atoms. The van der Waals surface area contributed by atoms with Crippen molar-refractivity contribution < 1.29 is 14.7 Å². The standard InChI is InChI=1S/C15H22N2O3/c1-11(2)13-6-4-5-12(9-13)10-16-15(20)17(3)8-7-14(18)19/h4-6,9,11H,7-8,10H2,1-3H3,(H,16,20)(H,18,19). The van der Waals surface area contributed by atoms with Crippen LogP contribution in [0, 0.1) is 0 Å². The van der Waals surface area contributed by atoms with Gasteiger partial charge in [-0.3, -0.25) is 4.79 Å². The van der Waals surface area contributed by atoms with Gasteiger partial charge in [0.05, 0.1) is 6.42 Å². The van der Waals surface area contributed by atoms with Crippen LogP contribution in [0.4, 0.5) is 4.79 Å². The average Bonchev–Trinajstić information content (AvgIpc) is 2.42. The summed E-state index contributed by atoms with van der Waals surface area (Å²) < 4.78 is 0. The number of urea groups is 1. The van der Waals surface area contributed by atoms with E-state index in [0.29, 0.717) is 12.5 Å². The van der Waals surface area contributed by atoms with Gasteiger partial charge in [0.15, 0.2) is 0 Å². The smallest absolute Gasteiger partial charge is 0.317 e. The van der Waals surface area contributed by atoms with Gasteiger partial charge in [-0.25, -0.2) is 4.79 Å². The molecule has 5 nitrogen and oxygen atoms in total. The summed E-state index contributed by atoms with van der Waals surface area (Å²) in [4.78, 5) is 23.6. The number of rotatable bonds is 6. The second-order valence-electron chi connectivity index (χ2n) is 5.12. The molecule has 0 heterocycles. The quantitative estimate of drug-likeness (QED) is 0.839. The first kappa shape index (κ1) is 16.0. The first-order valence-electron chi connectivity index (χ1n) is 6.69. The molecule has 0 saturated carbocycles. The number of carbonyl (C=O) groups excluding carboxylic acids is 1. The molecule has 0 aromatic heterocycles. The molecule has 1 rings (SSSR count). The van der Waals surface area contributed by atoms with Crippen molar-refractivity contribution in [2.45, 2.75) is 32.7 Å². The van der Waals surface area contributed by atoms with Crippen molar-refractivity contribution in [2.24, 2.45) is 0 Å². The van der Waals surface area contributed by atoms with Crippen molar-refractivity contribution in [3.63, 3.8) is 0 Å². The van der Waals surface area contributed by atoms with Crippen LogP contribution in [0.15, 0.2) is 24.3 Å². The van der Waals surface area contributed by atoms with Gasteiger partial charge < -0.3 is 15.3 Å². The lowest BCUT2D eigenvalue weighted by Crippen LogP contribution is -2.37. The maximum absolute atomic E-state index is 11.8. The molecule has 0 aliphatic heterocycles. The lowest BCUT2D eigenvalue weighted by atomic mass is 10.0. The van der Waals surface area contributed by atoms with Crippen molar-refractivity contribution in [2.75, 3.05) is 13.6 Å². The number of carboxylic acids is 1. The zero-order valence-electron chi connectivity index (χ0n) is 12.2. The molecule has 0 atom stereocenters. The minimum Gasteiger partial charge on any atom is -0.481 e. The molecule has 0 aliphatic carbocycles. The number of hydrogen-bond donors (Lipinski definition) is 2. The fraction of sp³-hybridized carbons (Fsp3) is 0.467. The van der Waals surface area contributed by atoms with Crippen molar-refractivity contribution in [3.05, 3.63) is 35.4 Å². The Morgan fingerprint density at radius 2 is 2.05 bits per heavy atom. The van der Waals surface area contributed by atoms with Gasteiger partial charge >= 0.3 is 12.0 Å². The fourth-order valence-corrected chi connectivity index (χ4v) is 1.74. The number of carboxylic acid groups (broad SMARTS) is 1. The molecule has 110 valence electrons. The molecule has 0 spiro atoms. The Morgan fingerprint density at radius 1 is 1.35 bits per heavy atom. The number of nitrogens with zero attached hydrogens (tertiary/aromatic N) is 1. The molecular weight excluding hydrogens is 256 g/mol. The lowest BCUT2D eigenvalue weighted by molar-refractivity contribution is -0.137. The van der Waals surface area contributed by atoms with Crippen LogP contribution in [0.5, 0.6) is 0 Å². The van der Waals surface area contributed by atoms with E-state index in [1.165, 1.54) is 10.5 Å². The monoisotopic (exact) mass is 278 g/mol. The topological polar surface area (TPSA) is 69.6 Å². The maximum Gasteiger partial charge on any atom is 0.317 e. The summed E-state index contributed by atoms with van der Waals surface area (Å²) in [5.41, 5.74) is 2.27. The normalized spacial score (nSPS) is 10.4. The van der Waals surface area contributed by atoms with E-state index in [2.05, 4.69) is 31.3 Å². The molecule has 5 heteroatoms. The largest absolute Gasteiger partial charge is 0.481 e. The van der Waals surface area contributed by atoms with Crippen molar-refractivity contribution in [1.82, 2.24) is 10.2 Å². The molecule has 0 bridgehead atoms. The highest BCUT2D eigenvalue weighted by Crippen LogP contribution is 2.15. The number of carbonyl (C=O) groups is 2. The van der Waals surface area contributed by atoms with E-state index in [0.717, 1.165) is 5.56 Å². The van der Waals surface area contributed by atoms with E-state index in [9.17, 15) is 9.59 Å². The third-order valence-electron chi connectivity index (χ3n) is 3.07. The zero-order valence-corrected chi connectivity index (χ0v) is 12.2. The summed E-state index contributed by atoms with van der Waals surface area (Å²) in [6.07, 6.45) is -0.0489.